The number of rotatable bonds is 2. The molecule has 0 amide bonds. The minimum atomic E-state index is -1.46. The molecule has 1 radical (unpaired) electrons. The Bertz CT molecular complexity index is 102. The minimum Gasteiger partial charge on any atom is -0.412 e. The van der Waals surface area contributed by atoms with Crippen LogP contribution in [0.25, 0.3) is 0 Å². The van der Waals surface area contributed by atoms with Crippen molar-refractivity contribution in [1.29, 1.82) is 0 Å². The molecule has 0 spiro atoms. The molecule has 0 aliphatic rings. The Labute approximate surface area is 65.9 Å². The maximum atomic E-state index is 5.61. The van der Waals surface area contributed by atoms with Gasteiger partial charge in [0.1, 0.15) is 0 Å². The highest BCUT2D eigenvalue weighted by molar-refractivity contribution is 6.74. The van der Waals surface area contributed by atoms with Gasteiger partial charge in [-0.25, -0.2) is 0 Å². The van der Waals surface area contributed by atoms with Gasteiger partial charge in [-0.1, -0.05) is 20.8 Å². The monoisotopic (exact) mass is 159 g/mol. The molecule has 0 saturated carbocycles. The lowest BCUT2D eigenvalue weighted by Gasteiger charge is -2.35. The third kappa shape index (κ3) is 2.43. The van der Waals surface area contributed by atoms with Gasteiger partial charge in [0.15, 0.2) is 8.32 Å². The first-order chi connectivity index (χ1) is 4.31. The molecule has 61 valence electrons. The number of hydrogen-bond donors (Lipinski definition) is 0. The molecule has 0 aliphatic heterocycles. The largest absolute Gasteiger partial charge is 0.412 e. The van der Waals surface area contributed by atoms with E-state index in [0.717, 1.165) is 0 Å². The van der Waals surface area contributed by atoms with E-state index < -0.39 is 8.32 Å². The molecule has 0 heterocycles. The van der Waals surface area contributed by atoms with Gasteiger partial charge in [0.25, 0.3) is 0 Å². The van der Waals surface area contributed by atoms with E-state index in [0.29, 0.717) is 5.04 Å². The van der Waals surface area contributed by atoms with Crippen LogP contribution in [0.4, 0.5) is 0 Å². The van der Waals surface area contributed by atoms with Crippen molar-refractivity contribution in [2.75, 3.05) is 0 Å². The summed E-state index contributed by atoms with van der Waals surface area (Å²) < 4.78 is 5.61. The Kier molecular flexibility index (Phi) is 3.11. The zero-order valence-corrected chi connectivity index (χ0v) is 8.99. The van der Waals surface area contributed by atoms with Gasteiger partial charge in [-0.15, -0.1) is 0 Å². The summed E-state index contributed by atoms with van der Waals surface area (Å²) in [5.41, 5.74) is 0. The van der Waals surface area contributed by atoms with Crippen LogP contribution in [0.1, 0.15) is 27.7 Å². The lowest BCUT2D eigenvalue weighted by molar-refractivity contribution is 0.376. The third-order valence-electron chi connectivity index (χ3n) is 2.22. The van der Waals surface area contributed by atoms with Gasteiger partial charge < -0.3 is 4.43 Å². The second-order valence-corrected chi connectivity index (χ2v) is 8.87. The SMILES string of the molecule is C[CH]O[Si](C)(C)C(C)(C)C. The molecule has 0 saturated heterocycles. The molecule has 0 fully saturated rings. The van der Waals surface area contributed by atoms with Crippen molar-refractivity contribution in [3.63, 3.8) is 0 Å². The Morgan fingerprint density at radius 1 is 1.20 bits per heavy atom. The average Bonchev–Trinajstić information content (AvgIpc) is 1.61. The Morgan fingerprint density at radius 3 is 1.70 bits per heavy atom. The zero-order valence-electron chi connectivity index (χ0n) is 7.99. The molecule has 0 N–H and O–H groups in total. The lowest BCUT2D eigenvalue weighted by Crippen LogP contribution is -2.39. The van der Waals surface area contributed by atoms with Crippen molar-refractivity contribution in [3.05, 3.63) is 6.61 Å². The molecule has 0 aromatic carbocycles. The van der Waals surface area contributed by atoms with E-state index in [1.807, 2.05) is 13.5 Å². The first kappa shape index (κ1) is 10.2. The van der Waals surface area contributed by atoms with Gasteiger partial charge in [0.05, 0.1) is 6.61 Å². The standard InChI is InChI=1S/C8H19OSi/c1-7-9-10(5,6)8(2,3)4/h7H,1-6H3. The Morgan fingerprint density at radius 2 is 1.60 bits per heavy atom. The summed E-state index contributed by atoms with van der Waals surface area (Å²) in [6, 6.07) is 0. The van der Waals surface area contributed by atoms with Crippen molar-refractivity contribution < 1.29 is 4.43 Å². The van der Waals surface area contributed by atoms with Gasteiger partial charge in [0.2, 0.25) is 0 Å². The van der Waals surface area contributed by atoms with E-state index in [-0.39, 0.29) is 0 Å². The second kappa shape index (κ2) is 3.05. The molecule has 0 atom stereocenters. The molecule has 0 aromatic heterocycles. The first-order valence-corrected chi connectivity index (χ1v) is 6.68. The van der Waals surface area contributed by atoms with Gasteiger partial charge >= 0.3 is 0 Å². The van der Waals surface area contributed by atoms with Crippen LogP contribution in [-0.2, 0) is 4.43 Å². The van der Waals surface area contributed by atoms with Gasteiger partial charge in [-0.05, 0) is 25.1 Å². The predicted molar refractivity (Wildman–Crippen MR) is 48.3 cm³/mol. The summed E-state index contributed by atoms with van der Waals surface area (Å²) in [4.78, 5) is 0. The average molecular weight is 159 g/mol. The molecule has 0 unspecified atom stereocenters. The maximum Gasteiger partial charge on any atom is 0.192 e. The van der Waals surface area contributed by atoms with Crippen LogP contribution in [0.5, 0.6) is 0 Å². The zero-order chi connectivity index (χ0) is 8.41. The Balaban J connectivity index is 4.10. The fourth-order valence-electron chi connectivity index (χ4n) is 0.471. The summed E-state index contributed by atoms with van der Waals surface area (Å²) in [6.07, 6.45) is 0. The first-order valence-electron chi connectivity index (χ1n) is 3.77. The fraction of sp³-hybridized carbons (Fsp3) is 0.875. The Hall–Kier alpha value is 0.177. The molecule has 0 aliphatic carbocycles. The van der Waals surface area contributed by atoms with Crippen LogP contribution in [-0.4, -0.2) is 8.32 Å². The minimum absolute atomic E-state index is 0.333. The third-order valence-corrected chi connectivity index (χ3v) is 6.66. The van der Waals surface area contributed by atoms with E-state index >= 15 is 0 Å². The lowest BCUT2D eigenvalue weighted by atomic mass is 10.2. The summed E-state index contributed by atoms with van der Waals surface area (Å²) >= 11 is 0. The van der Waals surface area contributed by atoms with Crippen LogP contribution < -0.4 is 0 Å². The highest BCUT2D eigenvalue weighted by Crippen LogP contribution is 2.36. The van der Waals surface area contributed by atoms with Crippen molar-refractivity contribution in [1.82, 2.24) is 0 Å². The number of hydrogen-bond acceptors (Lipinski definition) is 1. The molecule has 0 bridgehead atoms. The van der Waals surface area contributed by atoms with Crippen molar-refractivity contribution in [2.24, 2.45) is 0 Å². The van der Waals surface area contributed by atoms with Gasteiger partial charge in [-0.2, -0.15) is 0 Å². The summed E-state index contributed by atoms with van der Waals surface area (Å²) in [7, 11) is -1.46. The van der Waals surface area contributed by atoms with Crippen molar-refractivity contribution >= 4 is 8.32 Å². The van der Waals surface area contributed by atoms with E-state index in [1.54, 1.807) is 0 Å². The van der Waals surface area contributed by atoms with Crippen molar-refractivity contribution in [3.8, 4) is 0 Å². The molecule has 2 heteroatoms. The molecule has 0 rings (SSSR count). The summed E-state index contributed by atoms with van der Waals surface area (Å²) in [5, 5.41) is 0.333. The van der Waals surface area contributed by atoms with Gasteiger partial charge in [0, 0.05) is 0 Å². The van der Waals surface area contributed by atoms with E-state index in [4.69, 9.17) is 4.43 Å². The predicted octanol–water partition coefficient (Wildman–Crippen LogP) is 3.19. The van der Waals surface area contributed by atoms with E-state index in [9.17, 15) is 0 Å². The van der Waals surface area contributed by atoms with Crippen LogP contribution in [0.2, 0.25) is 18.1 Å². The molecular weight excluding hydrogens is 140 g/mol. The van der Waals surface area contributed by atoms with Crippen LogP contribution in [0.15, 0.2) is 0 Å². The quantitative estimate of drug-likeness (QED) is 0.562. The topological polar surface area (TPSA) is 9.23 Å². The van der Waals surface area contributed by atoms with Crippen molar-refractivity contribution in [2.45, 2.75) is 45.8 Å². The smallest absolute Gasteiger partial charge is 0.192 e. The maximum absolute atomic E-state index is 5.61. The summed E-state index contributed by atoms with van der Waals surface area (Å²) in [6.45, 7) is 15.0. The molecule has 1 nitrogen and oxygen atoms in total. The van der Waals surface area contributed by atoms with Crippen LogP contribution in [0.3, 0.4) is 0 Å². The van der Waals surface area contributed by atoms with E-state index in [2.05, 4.69) is 33.9 Å². The highest BCUT2D eigenvalue weighted by atomic mass is 28.4. The van der Waals surface area contributed by atoms with Gasteiger partial charge in [-0.3, -0.25) is 0 Å². The molecular formula is C8H19OSi. The molecule has 0 aromatic rings. The van der Waals surface area contributed by atoms with Crippen LogP contribution in [0, 0.1) is 6.61 Å². The summed E-state index contributed by atoms with van der Waals surface area (Å²) in [5.74, 6) is 0. The van der Waals surface area contributed by atoms with E-state index in [1.165, 1.54) is 0 Å². The normalized spacial score (nSPS) is 13.8. The second-order valence-electron chi connectivity index (χ2n) is 4.11. The fourth-order valence-corrected chi connectivity index (χ4v) is 1.41. The highest BCUT2D eigenvalue weighted by Gasteiger charge is 2.36. The molecule has 10 heavy (non-hydrogen) atoms. The van der Waals surface area contributed by atoms with Crippen LogP contribution >= 0.6 is 0 Å².